The summed E-state index contributed by atoms with van der Waals surface area (Å²) in [6.07, 6.45) is -1.86. The third-order valence-corrected chi connectivity index (χ3v) is 5.11. The molecule has 0 spiro atoms. The molecule has 0 atom stereocenters. The molecule has 4 rings (SSSR count). The fraction of sp³-hybridized carbons (Fsp3) is 0.286. The standard InChI is InChI=1S/C21H20F3N5O2/c1-31-17-5-3-16(4-6-17)29-9-8-18(26-29)20(30)28-12-10-27(11-13-28)19-7-2-15(14-25-19)21(22,23)24/h2-9,14H,10-13H2,1H3. The predicted molar refractivity (Wildman–Crippen MR) is 107 cm³/mol. The number of alkyl halides is 3. The molecule has 0 bridgehead atoms. The van der Waals surface area contributed by atoms with Crippen molar-refractivity contribution < 1.29 is 22.7 Å². The van der Waals surface area contributed by atoms with Crippen molar-refractivity contribution in [2.45, 2.75) is 6.18 Å². The molecule has 0 unspecified atom stereocenters. The normalized spacial score (nSPS) is 14.6. The Morgan fingerprint density at radius 1 is 1.00 bits per heavy atom. The lowest BCUT2D eigenvalue weighted by Crippen LogP contribution is -2.49. The summed E-state index contributed by atoms with van der Waals surface area (Å²) in [6.45, 7) is 1.81. The van der Waals surface area contributed by atoms with Crippen LogP contribution in [0.25, 0.3) is 5.69 Å². The van der Waals surface area contributed by atoms with Crippen LogP contribution in [0.4, 0.5) is 19.0 Å². The monoisotopic (exact) mass is 431 g/mol. The highest BCUT2D eigenvalue weighted by molar-refractivity contribution is 5.92. The van der Waals surface area contributed by atoms with Crippen LogP contribution in [0.5, 0.6) is 5.75 Å². The molecule has 162 valence electrons. The Morgan fingerprint density at radius 2 is 1.71 bits per heavy atom. The van der Waals surface area contributed by atoms with E-state index in [1.807, 2.05) is 29.2 Å². The van der Waals surface area contributed by atoms with E-state index in [2.05, 4.69) is 10.1 Å². The number of hydrogen-bond donors (Lipinski definition) is 0. The molecule has 0 aliphatic carbocycles. The number of pyridine rings is 1. The van der Waals surface area contributed by atoms with E-state index in [1.165, 1.54) is 6.07 Å². The molecule has 31 heavy (non-hydrogen) atoms. The molecule has 1 aromatic carbocycles. The number of methoxy groups -OCH3 is 1. The van der Waals surface area contributed by atoms with E-state index in [9.17, 15) is 18.0 Å². The minimum atomic E-state index is -4.41. The molecule has 3 heterocycles. The number of aromatic nitrogens is 3. The van der Waals surface area contributed by atoms with Crippen LogP contribution in [0.3, 0.4) is 0 Å². The fourth-order valence-electron chi connectivity index (χ4n) is 3.36. The molecule has 1 aliphatic rings. The molecular formula is C21H20F3N5O2. The number of nitrogens with zero attached hydrogens (tertiary/aromatic N) is 5. The molecule has 1 saturated heterocycles. The fourth-order valence-corrected chi connectivity index (χ4v) is 3.36. The van der Waals surface area contributed by atoms with Gasteiger partial charge in [-0.3, -0.25) is 4.79 Å². The van der Waals surface area contributed by atoms with Crippen LogP contribution in [0.1, 0.15) is 16.1 Å². The predicted octanol–water partition coefficient (Wildman–Crippen LogP) is 3.26. The number of amides is 1. The Labute approximate surface area is 176 Å². The van der Waals surface area contributed by atoms with Gasteiger partial charge >= 0.3 is 6.18 Å². The van der Waals surface area contributed by atoms with E-state index in [1.54, 1.807) is 29.0 Å². The Morgan fingerprint density at radius 3 is 2.29 bits per heavy atom. The van der Waals surface area contributed by atoms with Crippen LogP contribution < -0.4 is 9.64 Å². The number of carbonyl (C=O) groups excluding carboxylic acids is 1. The van der Waals surface area contributed by atoms with Gasteiger partial charge in [0.1, 0.15) is 11.6 Å². The minimum absolute atomic E-state index is 0.188. The molecule has 1 amide bonds. The van der Waals surface area contributed by atoms with Gasteiger partial charge < -0.3 is 14.5 Å². The van der Waals surface area contributed by atoms with E-state index >= 15 is 0 Å². The van der Waals surface area contributed by atoms with Crippen molar-refractivity contribution in [3.63, 3.8) is 0 Å². The van der Waals surface area contributed by atoms with Crippen molar-refractivity contribution in [3.8, 4) is 11.4 Å². The zero-order valence-electron chi connectivity index (χ0n) is 16.7. The maximum absolute atomic E-state index is 12.8. The Balaban J connectivity index is 1.37. The third-order valence-electron chi connectivity index (χ3n) is 5.11. The summed E-state index contributed by atoms with van der Waals surface area (Å²) in [4.78, 5) is 20.3. The van der Waals surface area contributed by atoms with Crippen molar-refractivity contribution in [1.29, 1.82) is 0 Å². The van der Waals surface area contributed by atoms with Gasteiger partial charge in [-0.05, 0) is 42.5 Å². The lowest BCUT2D eigenvalue weighted by Gasteiger charge is -2.35. The van der Waals surface area contributed by atoms with Crippen molar-refractivity contribution in [1.82, 2.24) is 19.7 Å². The highest BCUT2D eigenvalue weighted by atomic mass is 19.4. The lowest BCUT2D eigenvalue weighted by atomic mass is 10.2. The molecule has 1 aliphatic heterocycles. The smallest absolute Gasteiger partial charge is 0.417 e. The first-order valence-electron chi connectivity index (χ1n) is 9.63. The van der Waals surface area contributed by atoms with Crippen LogP contribution in [-0.4, -0.2) is 58.9 Å². The van der Waals surface area contributed by atoms with Crippen molar-refractivity contribution in [2.24, 2.45) is 0 Å². The first-order valence-corrected chi connectivity index (χ1v) is 9.63. The second kappa shape index (κ2) is 8.29. The summed E-state index contributed by atoms with van der Waals surface area (Å²) in [5, 5.41) is 4.37. The summed E-state index contributed by atoms with van der Waals surface area (Å²) in [7, 11) is 1.59. The summed E-state index contributed by atoms with van der Waals surface area (Å²) in [5.41, 5.74) is 0.354. The molecule has 3 aromatic rings. The van der Waals surface area contributed by atoms with E-state index in [0.29, 0.717) is 37.7 Å². The Kier molecular flexibility index (Phi) is 5.53. The maximum Gasteiger partial charge on any atom is 0.417 e. The number of anilines is 1. The van der Waals surface area contributed by atoms with Crippen LogP contribution in [0.2, 0.25) is 0 Å². The van der Waals surface area contributed by atoms with Gasteiger partial charge in [0.2, 0.25) is 0 Å². The zero-order valence-corrected chi connectivity index (χ0v) is 16.7. The van der Waals surface area contributed by atoms with Gasteiger partial charge in [0.05, 0.1) is 18.4 Å². The SMILES string of the molecule is COc1ccc(-n2ccc(C(=O)N3CCN(c4ccc(C(F)(F)F)cn4)CC3)n2)cc1. The topological polar surface area (TPSA) is 63.5 Å². The second-order valence-corrected chi connectivity index (χ2v) is 7.03. The number of carbonyl (C=O) groups is 1. The van der Waals surface area contributed by atoms with Gasteiger partial charge in [0.25, 0.3) is 5.91 Å². The quantitative estimate of drug-likeness (QED) is 0.635. The maximum atomic E-state index is 12.8. The van der Waals surface area contributed by atoms with E-state index < -0.39 is 11.7 Å². The first kappa shape index (κ1) is 20.7. The number of hydrogen-bond acceptors (Lipinski definition) is 5. The van der Waals surface area contributed by atoms with E-state index in [-0.39, 0.29) is 5.91 Å². The van der Waals surface area contributed by atoms with Crippen molar-refractivity contribution in [3.05, 3.63) is 66.1 Å². The number of benzene rings is 1. The number of piperazine rings is 1. The average molecular weight is 431 g/mol. The van der Waals surface area contributed by atoms with Gasteiger partial charge in [-0.25, -0.2) is 9.67 Å². The van der Waals surface area contributed by atoms with Crippen LogP contribution in [0, 0.1) is 0 Å². The Hall–Kier alpha value is -3.56. The molecular weight excluding hydrogens is 411 g/mol. The number of rotatable bonds is 4. The number of halogens is 3. The van der Waals surface area contributed by atoms with Crippen LogP contribution >= 0.6 is 0 Å². The zero-order chi connectivity index (χ0) is 22.0. The Bertz CT molecular complexity index is 1040. The molecule has 2 aromatic heterocycles. The summed E-state index contributed by atoms with van der Waals surface area (Å²) < 4.78 is 44.8. The first-order chi connectivity index (χ1) is 14.8. The second-order valence-electron chi connectivity index (χ2n) is 7.03. The average Bonchev–Trinajstić information content (AvgIpc) is 3.28. The number of ether oxygens (including phenoxy) is 1. The van der Waals surface area contributed by atoms with Crippen LogP contribution in [-0.2, 0) is 6.18 Å². The highest BCUT2D eigenvalue weighted by Gasteiger charge is 2.31. The summed E-state index contributed by atoms with van der Waals surface area (Å²) in [5.74, 6) is 1.00. The largest absolute Gasteiger partial charge is 0.497 e. The molecule has 0 N–H and O–H groups in total. The molecule has 1 fully saturated rings. The van der Waals surface area contributed by atoms with Crippen LogP contribution in [0.15, 0.2) is 54.9 Å². The van der Waals surface area contributed by atoms with E-state index in [0.717, 1.165) is 23.7 Å². The van der Waals surface area contributed by atoms with Gasteiger partial charge in [-0.15, -0.1) is 0 Å². The van der Waals surface area contributed by atoms with Gasteiger partial charge in [0, 0.05) is 38.6 Å². The van der Waals surface area contributed by atoms with Crippen molar-refractivity contribution in [2.75, 3.05) is 38.2 Å². The van der Waals surface area contributed by atoms with E-state index in [4.69, 9.17) is 4.74 Å². The molecule has 7 nitrogen and oxygen atoms in total. The van der Waals surface area contributed by atoms with Gasteiger partial charge in [-0.1, -0.05) is 0 Å². The summed E-state index contributed by atoms with van der Waals surface area (Å²) >= 11 is 0. The third kappa shape index (κ3) is 4.47. The lowest BCUT2D eigenvalue weighted by molar-refractivity contribution is -0.137. The molecule has 0 saturated carbocycles. The van der Waals surface area contributed by atoms with Gasteiger partial charge in [0.15, 0.2) is 5.69 Å². The summed E-state index contributed by atoms with van der Waals surface area (Å²) in [6, 6.07) is 11.4. The molecule has 0 radical (unpaired) electrons. The van der Waals surface area contributed by atoms with Crippen molar-refractivity contribution >= 4 is 11.7 Å². The highest BCUT2D eigenvalue weighted by Crippen LogP contribution is 2.29. The minimum Gasteiger partial charge on any atom is -0.497 e. The molecule has 10 heteroatoms. The van der Waals surface area contributed by atoms with Gasteiger partial charge in [-0.2, -0.15) is 18.3 Å².